The number of piperidine rings is 1. The van der Waals surface area contributed by atoms with Gasteiger partial charge in [-0.2, -0.15) is 0 Å². The number of aromatic nitrogens is 2. The number of hydrogen-bond acceptors (Lipinski definition) is 5. The quantitative estimate of drug-likeness (QED) is 0.652. The lowest BCUT2D eigenvalue weighted by Crippen LogP contribution is -2.51. The van der Waals surface area contributed by atoms with Gasteiger partial charge in [-0.25, -0.2) is 9.37 Å². The van der Waals surface area contributed by atoms with Crippen molar-refractivity contribution < 1.29 is 9.18 Å². The first kappa shape index (κ1) is 19.7. The molecule has 3 aromatic rings. The number of benzene rings is 1. The van der Waals surface area contributed by atoms with Gasteiger partial charge in [-0.1, -0.05) is 6.07 Å². The molecular formula is C24H26FN5O. The van der Waals surface area contributed by atoms with Crippen LogP contribution in [0.15, 0.2) is 54.9 Å². The molecule has 0 atom stereocenters. The smallest absolute Gasteiger partial charge is 0.225 e. The molecule has 6 nitrogen and oxygen atoms in total. The summed E-state index contributed by atoms with van der Waals surface area (Å²) >= 11 is 0. The van der Waals surface area contributed by atoms with Gasteiger partial charge in [0.2, 0.25) is 5.91 Å². The highest BCUT2D eigenvalue weighted by Crippen LogP contribution is 2.30. The second-order valence-electron chi connectivity index (χ2n) is 8.25. The molecule has 2 aliphatic heterocycles. The average molecular weight is 420 g/mol. The van der Waals surface area contributed by atoms with E-state index in [9.17, 15) is 9.18 Å². The van der Waals surface area contributed by atoms with E-state index in [0.29, 0.717) is 0 Å². The third-order valence-electron chi connectivity index (χ3n) is 6.43. The number of hydrogen-bond donors (Lipinski definition) is 0. The first-order valence-electron chi connectivity index (χ1n) is 10.9. The zero-order valence-corrected chi connectivity index (χ0v) is 17.5. The summed E-state index contributed by atoms with van der Waals surface area (Å²) in [5.74, 6) is 1.05. The molecule has 31 heavy (non-hydrogen) atoms. The maximum atomic E-state index is 13.8. The summed E-state index contributed by atoms with van der Waals surface area (Å²) in [7, 11) is 0. The van der Waals surface area contributed by atoms with Crippen LogP contribution in [0, 0.1) is 11.7 Å². The summed E-state index contributed by atoms with van der Waals surface area (Å²) in [6.45, 7) is 4.69. The molecular weight excluding hydrogens is 393 g/mol. The molecule has 2 fully saturated rings. The molecule has 0 spiro atoms. The van der Waals surface area contributed by atoms with Gasteiger partial charge in [0.15, 0.2) is 0 Å². The van der Waals surface area contributed by atoms with Gasteiger partial charge in [-0.3, -0.25) is 9.78 Å². The van der Waals surface area contributed by atoms with Crippen molar-refractivity contribution in [3.63, 3.8) is 0 Å². The number of halogens is 1. The van der Waals surface area contributed by atoms with E-state index in [-0.39, 0.29) is 17.6 Å². The maximum Gasteiger partial charge on any atom is 0.225 e. The Morgan fingerprint density at radius 1 is 0.871 bits per heavy atom. The van der Waals surface area contributed by atoms with Crippen LogP contribution in [0.25, 0.3) is 10.9 Å². The van der Waals surface area contributed by atoms with E-state index in [1.165, 1.54) is 6.07 Å². The topological polar surface area (TPSA) is 52.6 Å². The zero-order chi connectivity index (χ0) is 21.2. The lowest BCUT2D eigenvalue weighted by molar-refractivity contribution is -0.136. The fraction of sp³-hybridized carbons (Fsp3) is 0.375. The van der Waals surface area contributed by atoms with Gasteiger partial charge >= 0.3 is 0 Å². The molecule has 5 rings (SSSR count). The van der Waals surface area contributed by atoms with Crippen molar-refractivity contribution >= 4 is 28.3 Å². The highest BCUT2D eigenvalue weighted by molar-refractivity contribution is 5.91. The number of rotatable bonds is 3. The Labute approximate surface area is 181 Å². The monoisotopic (exact) mass is 419 g/mol. The molecule has 1 amide bonds. The van der Waals surface area contributed by atoms with Crippen LogP contribution in [0.2, 0.25) is 0 Å². The number of nitrogens with zero attached hydrogens (tertiary/aromatic N) is 5. The molecule has 0 unspecified atom stereocenters. The van der Waals surface area contributed by atoms with Crippen LogP contribution in [0.4, 0.5) is 15.9 Å². The van der Waals surface area contributed by atoms with E-state index in [4.69, 9.17) is 0 Å². The number of carbonyl (C=O) groups is 1. The molecule has 0 bridgehead atoms. The Morgan fingerprint density at radius 2 is 1.68 bits per heavy atom. The Morgan fingerprint density at radius 3 is 2.42 bits per heavy atom. The van der Waals surface area contributed by atoms with Crippen molar-refractivity contribution in [1.29, 1.82) is 0 Å². The first-order chi connectivity index (χ1) is 15.2. The standard InChI is InChI=1S/C24H26FN5O/c25-19-4-5-21-20(17-19)22(6-10-26-21)28-11-7-18(8-12-28)24(31)30-15-13-29(14-16-30)23-3-1-2-9-27-23/h1-6,9-10,17-18H,7-8,11-16H2. The second kappa shape index (κ2) is 8.49. The number of fused-ring (bicyclic) bond motifs is 1. The van der Waals surface area contributed by atoms with Crippen molar-refractivity contribution in [3.05, 3.63) is 60.7 Å². The Kier molecular flexibility index (Phi) is 5.40. The van der Waals surface area contributed by atoms with Gasteiger partial charge in [0.1, 0.15) is 11.6 Å². The lowest BCUT2D eigenvalue weighted by atomic mass is 9.94. The van der Waals surface area contributed by atoms with E-state index in [0.717, 1.165) is 74.5 Å². The number of amides is 1. The third kappa shape index (κ3) is 4.04. The maximum absolute atomic E-state index is 13.8. The van der Waals surface area contributed by atoms with Crippen molar-refractivity contribution in [2.24, 2.45) is 5.92 Å². The number of anilines is 2. The highest BCUT2D eigenvalue weighted by Gasteiger charge is 2.31. The van der Waals surface area contributed by atoms with Crippen LogP contribution in [0.1, 0.15) is 12.8 Å². The number of piperazine rings is 1. The van der Waals surface area contributed by atoms with Gasteiger partial charge < -0.3 is 14.7 Å². The van der Waals surface area contributed by atoms with Crippen molar-refractivity contribution in [3.8, 4) is 0 Å². The molecule has 0 radical (unpaired) electrons. The normalized spacial score (nSPS) is 17.9. The predicted molar refractivity (Wildman–Crippen MR) is 120 cm³/mol. The van der Waals surface area contributed by atoms with Gasteiger partial charge in [-0.15, -0.1) is 0 Å². The molecule has 160 valence electrons. The van der Waals surface area contributed by atoms with E-state index in [2.05, 4.69) is 19.8 Å². The first-order valence-corrected chi connectivity index (χ1v) is 10.9. The highest BCUT2D eigenvalue weighted by atomic mass is 19.1. The van der Waals surface area contributed by atoms with Crippen LogP contribution < -0.4 is 9.80 Å². The van der Waals surface area contributed by atoms with E-state index in [1.807, 2.05) is 29.2 Å². The molecule has 1 aromatic carbocycles. The van der Waals surface area contributed by atoms with Crippen LogP contribution in [-0.2, 0) is 4.79 Å². The van der Waals surface area contributed by atoms with E-state index >= 15 is 0 Å². The summed E-state index contributed by atoms with van der Waals surface area (Å²) in [6, 6.07) is 12.6. The molecule has 2 saturated heterocycles. The minimum absolute atomic E-state index is 0.0579. The Balaban J connectivity index is 1.20. The number of pyridine rings is 2. The lowest BCUT2D eigenvalue weighted by Gasteiger charge is -2.39. The summed E-state index contributed by atoms with van der Waals surface area (Å²) < 4.78 is 13.8. The van der Waals surface area contributed by atoms with Crippen LogP contribution in [0.5, 0.6) is 0 Å². The summed E-state index contributed by atoms with van der Waals surface area (Å²) in [5.41, 5.74) is 1.79. The van der Waals surface area contributed by atoms with Crippen molar-refractivity contribution in [2.45, 2.75) is 12.8 Å². The summed E-state index contributed by atoms with van der Waals surface area (Å²) in [6.07, 6.45) is 5.21. The largest absolute Gasteiger partial charge is 0.371 e. The zero-order valence-electron chi connectivity index (χ0n) is 17.5. The molecule has 0 saturated carbocycles. The molecule has 7 heteroatoms. The minimum Gasteiger partial charge on any atom is -0.371 e. The fourth-order valence-electron chi connectivity index (χ4n) is 4.70. The molecule has 2 aromatic heterocycles. The SMILES string of the molecule is O=C(C1CCN(c2ccnc3ccc(F)cc23)CC1)N1CCN(c2ccccn2)CC1. The van der Waals surface area contributed by atoms with Gasteiger partial charge in [0, 0.05) is 68.7 Å². The molecule has 0 aliphatic carbocycles. The molecule has 0 N–H and O–H groups in total. The van der Waals surface area contributed by atoms with Gasteiger partial charge in [-0.05, 0) is 49.2 Å². The summed E-state index contributed by atoms with van der Waals surface area (Å²) in [5, 5.41) is 0.831. The average Bonchev–Trinajstić information content (AvgIpc) is 2.84. The minimum atomic E-state index is -0.253. The molecule has 4 heterocycles. The van der Waals surface area contributed by atoms with Gasteiger partial charge in [0.05, 0.1) is 5.52 Å². The van der Waals surface area contributed by atoms with Crippen LogP contribution in [0.3, 0.4) is 0 Å². The van der Waals surface area contributed by atoms with E-state index < -0.39 is 0 Å². The third-order valence-corrected chi connectivity index (χ3v) is 6.43. The second-order valence-corrected chi connectivity index (χ2v) is 8.25. The van der Waals surface area contributed by atoms with Crippen molar-refractivity contribution in [2.75, 3.05) is 49.1 Å². The Hall–Kier alpha value is -3.22. The van der Waals surface area contributed by atoms with Crippen molar-refractivity contribution in [1.82, 2.24) is 14.9 Å². The fourth-order valence-corrected chi connectivity index (χ4v) is 4.70. The van der Waals surface area contributed by atoms with Gasteiger partial charge in [0.25, 0.3) is 0 Å². The predicted octanol–water partition coefficient (Wildman–Crippen LogP) is 3.33. The Bertz CT molecular complexity index is 1060. The van der Waals surface area contributed by atoms with Crippen LogP contribution in [-0.4, -0.2) is 60.0 Å². The molecule has 2 aliphatic rings. The number of carbonyl (C=O) groups excluding carboxylic acids is 1. The summed E-state index contributed by atoms with van der Waals surface area (Å²) in [4.78, 5) is 28.4. The van der Waals surface area contributed by atoms with E-state index in [1.54, 1.807) is 24.5 Å². The van der Waals surface area contributed by atoms with Crippen LogP contribution >= 0.6 is 0 Å².